The lowest BCUT2D eigenvalue weighted by Gasteiger charge is -2.16. The van der Waals surface area contributed by atoms with Crippen molar-refractivity contribution in [1.29, 1.82) is 0 Å². The minimum Gasteiger partial charge on any atom is -0.479 e. The molecule has 0 aliphatic carbocycles. The zero-order chi connectivity index (χ0) is 10.2. The largest absolute Gasteiger partial charge is 0.479 e. The topological polar surface area (TPSA) is 127 Å². The molecule has 1 heterocycles. The molecule has 0 aromatic carbocycles. The van der Waals surface area contributed by atoms with E-state index in [0.717, 1.165) is 0 Å². The van der Waals surface area contributed by atoms with Gasteiger partial charge in [0, 0.05) is 0 Å². The predicted molar refractivity (Wildman–Crippen MR) is 36.5 cm³/mol. The van der Waals surface area contributed by atoms with E-state index in [0.29, 0.717) is 0 Å². The molecule has 76 valence electrons. The molecule has 1 saturated heterocycles. The summed E-state index contributed by atoms with van der Waals surface area (Å²) in [4.78, 5) is 10.2. The molecule has 1 rings (SSSR count). The van der Waals surface area contributed by atoms with Crippen LogP contribution < -0.4 is 0 Å². The van der Waals surface area contributed by atoms with E-state index in [1.54, 1.807) is 0 Å². The van der Waals surface area contributed by atoms with Gasteiger partial charge < -0.3 is 30.3 Å². The average molecular weight is 194 g/mol. The molecule has 7 nitrogen and oxygen atoms in total. The summed E-state index contributed by atoms with van der Waals surface area (Å²) in [7, 11) is 0. The van der Waals surface area contributed by atoms with Crippen LogP contribution in [0, 0.1) is 0 Å². The molecule has 0 saturated carbocycles. The molecule has 1 fully saturated rings. The van der Waals surface area contributed by atoms with E-state index in [2.05, 4.69) is 4.74 Å². The van der Waals surface area contributed by atoms with Gasteiger partial charge in [-0.25, -0.2) is 4.79 Å². The van der Waals surface area contributed by atoms with Gasteiger partial charge in [-0.3, -0.25) is 0 Å². The summed E-state index contributed by atoms with van der Waals surface area (Å²) in [5, 5.41) is 44.1. The Morgan fingerprint density at radius 1 is 1.23 bits per heavy atom. The average Bonchev–Trinajstić information content (AvgIpc) is 2.31. The zero-order valence-corrected chi connectivity index (χ0v) is 6.44. The number of hydrogen-bond donors (Lipinski definition) is 5. The number of aliphatic hydroxyl groups excluding tert-OH is 4. The van der Waals surface area contributed by atoms with Crippen molar-refractivity contribution in [2.75, 3.05) is 0 Å². The monoisotopic (exact) mass is 194 g/mol. The molecular formula is C6H10O7. The van der Waals surface area contributed by atoms with Crippen molar-refractivity contribution in [2.45, 2.75) is 30.7 Å². The van der Waals surface area contributed by atoms with Gasteiger partial charge in [-0.15, -0.1) is 0 Å². The number of carbonyl (C=O) groups is 1. The van der Waals surface area contributed by atoms with Crippen molar-refractivity contribution in [1.82, 2.24) is 0 Å². The Bertz CT molecular complexity index is 205. The molecule has 5 atom stereocenters. The van der Waals surface area contributed by atoms with Crippen molar-refractivity contribution in [3.05, 3.63) is 0 Å². The lowest BCUT2D eigenvalue weighted by atomic mass is 10.1. The van der Waals surface area contributed by atoms with Gasteiger partial charge in [0.25, 0.3) is 0 Å². The fraction of sp³-hybridized carbons (Fsp3) is 0.833. The Morgan fingerprint density at radius 2 is 1.77 bits per heavy atom. The van der Waals surface area contributed by atoms with Crippen LogP contribution in [0.3, 0.4) is 0 Å². The maximum Gasteiger partial charge on any atom is 0.335 e. The van der Waals surface area contributed by atoms with E-state index in [4.69, 9.17) is 25.5 Å². The minimum atomic E-state index is -1.97. The summed E-state index contributed by atoms with van der Waals surface area (Å²) in [5.41, 5.74) is 0. The Hall–Kier alpha value is -0.730. The minimum absolute atomic E-state index is 1.51. The summed E-state index contributed by atoms with van der Waals surface area (Å²) in [6.45, 7) is 0. The van der Waals surface area contributed by atoms with Gasteiger partial charge >= 0.3 is 5.97 Å². The Morgan fingerprint density at radius 3 is 2.08 bits per heavy atom. The van der Waals surface area contributed by atoms with Gasteiger partial charge in [-0.2, -0.15) is 0 Å². The van der Waals surface area contributed by atoms with Crippen molar-refractivity contribution >= 4 is 5.97 Å². The maximum atomic E-state index is 10.2. The van der Waals surface area contributed by atoms with E-state index < -0.39 is 36.7 Å². The van der Waals surface area contributed by atoms with Gasteiger partial charge in [0.05, 0.1) is 0 Å². The third-order valence-corrected chi connectivity index (χ3v) is 1.84. The number of carboxylic acids is 1. The van der Waals surface area contributed by atoms with Gasteiger partial charge in [-0.05, 0) is 0 Å². The molecule has 0 radical (unpaired) electrons. The summed E-state index contributed by atoms with van der Waals surface area (Å²) in [6, 6.07) is 0. The van der Waals surface area contributed by atoms with Crippen molar-refractivity contribution in [2.24, 2.45) is 0 Å². The second-order valence-corrected chi connectivity index (χ2v) is 2.76. The quantitative estimate of drug-likeness (QED) is 0.314. The Kier molecular flexibility index (Phi) is 2.84. The van der Waals surface area contributed by atoms with Crippen molar-refractivity contribution < 1.29 is 35.1 Å². The first-order valence-corrected chi connectivity index (χ1v) is 3.55. The SMILES string of the molecule is O=C(O)[C@H](O)[C@H]1OC(O)[C@H](O)[C@H]1O. The third-order valence-electron chi connectivity index (χ3n) is 1.84. The van der Waals surface area contributed by atoms with Crippen LogP contribution in [0.15, 0.2) is 0 Å². The molecular weight excluding hydrogens is 184 g/mol. The van der Waals surface area contributed by atoms with Crippen LogP contribution in [0.5, 0.6) is 0 Å². The second kappa shape index (κ2) is 3.56. The molecule has 0 spiro atoms. The van der Waals surface area contributed by atoms with E-state index in [1.807, 2.05) is 0 Å². The predicted octanol–water partition coefficient (Wildman–Crippen LogP) is -3.13. The van der Waals surface area contributed by atoms with Crippen LogP contribution >= 0.6 is 0 Å². The number of hydrogen-bond acceptors (Lipinski definition) is 6. The Balaban J connectivity index is 2.68. The smallest absolute Gasteiger partial charge is 0.335 e. The highest BCUT2D eigenvalue weighted by atomic mass is 16.6. The normalized spacial score (nSPS) is 41.8. The highest BCUT2D eigenvalue weighted by molar-refractivity contribution is 5.72. The number of ether oxygens (including phenoxy) is 1. The van der Waals surface area contributed by atoms with E-state index in [-0.39, 0.29) is 0 Å². The standard InChI is InChI=1S/C6H10O7/c7-1-2(8)6(12)13-4(1)3(9)5(10)11/h1-4,6-9,12H,(H,10,11)/t1-,2-,3-,4+,6?/m1/s1. The highest BCUT2D eigenvalue weighted by Crippen LogP contribution is 2.22. The summed E-state index contributed by atoms with van der Waals surface area (Å²) < 4.78 is 4.43. The number of aliphatic carboxylic acids is 1. The lowest BCUT2D eigenvalue weighted by molar-refractivity contribution is -0.170. The Labute approximate surface area is 72.8 Å². The molecule has 1 aliphatic rings. The summed E-state index contributed by atoms with van der Waals surface area (Å²) >= 11 is 0. The van der Waals surface area contributed by atoms with E-state index in [9.17, 15) is 4.79 Å². The van der Waals surface area contributed by atoms with Gasteiger partial charge in [-0.1, -0.05) is 0 Å². The van der Waals surface area contributed by atoms with Crippen LogP contribution in [0.4, 0.5) is 0 Å². The molecule has 0 bridgehead atoms. The van der Waals surface area contributed by atoms with Crippen molar-refractivity contribution in [3.8, 4) is 0 Å². The number of aliphatic hydroxyl groups is 4. The van der Waals surface area contributed by atoms with Crippen LogP contribution in [0.25, 0.3) is 0 Å². The molecule has 7 heteroatoms. The van der Waals surface area contributed by atoms with Crippen LogP contribution in [0.1, 0.15) is 0 Å². The lowest BCUT2D eigenvalue weighted by Crippen LogP contribution is -2.42. The third kappa shape index (κ3) is 1.79. The van der Waals surface area contributed by atoms with Crippen LogP contribution in [0.2, 0.25) is 0 Å². The van der Waals surface area contributed by atoms with Crippen LogP contribution in [-0.4, -0.2) is 62.2 Å². The molecule has 1 unspecified atom stereocenters. The first kappa shape index (κ1) is 10.4. The van der Waals surface area contributed by atoms with Crippen molar-refractivity contribution in [3.63, 3.8) is 0 Å². The number of carboxylic acid groups (broad SMARTS) is 1. The highest BCUT2D eigenvalue weighted by Gasteiger charge is 2.47. The summed E-state index contributed by atoms with van der Waals surface area (Å²) in [6.07, 6.45) is -8.36. The van der Waals surface area contributed by atoms with E-state index in [1.165, 1.54) is 0 Å². The molecule has 13 heavy (non-hydrogen) atoms. The first-order chi connectivity index (χ1) is 5.95. The fourth-order valence-electron chi connectivity index (χ4n) is 1.09. The second-order valence-electron chi connectivity index (χ2n) is 2.76. The van der Waals surface area contributed by atoms with Gasteiger partial charge in [0.15, 0.2) is 12.4 Å². The number of rotatable bonds is 2. The molecule has 0 aromatic heterocycles. The molecule has 1 aliphatic heterocycles. The van der Waals surface area contributed by atoms with Crippen LogP contribution in [-0.2, 0) is 9.53 Å². The maximum absolute atomic E-state index is 10.2. The summed E-state index contributed by atoms with van der Waals surface area (Å²) in [5.74, 6) is -1.59. The first-order valence-electron chi connectivity index (χ1n) is 3.55. The van der Waals surface area contributed by atoms with E-state index >= 15 is 0 Å². The molecule has 0 amide bonds. The van der Waals surface area contributed by atoms with Gasteiger partial charge in [0.1, 0.15) is 18.3 Å². The molecule has 0 aromatic rings. The molecule has 5 N–H and O–H groups in total. The van der Waals surface area contributed by atoms with Gasteiger partial charge in [0.2, 0.25) is 0 Å². The fourth-order valence-corrected chi connectivity index (χ4v) is 1.09. The zero-order valence-electron chi connectivity index (χ0n) is 6.44.